The second-order valence-electron chi connectivity index (χ2n) is 5.40. The Kier molecular flexibility index (Phi) is 2.61. The van der Waals surface area contributed by atoms with Crippen LogP contribution in [0.4, 0.5) is 13.2 Å². The first-order chi connectivity index (χ1) is 12.8. The lowest BCUT2D eigenvalue weighted by Crippen LogP contribution is -2.27. The van der Waals surface area contributed by atoms with Crippen LogP contribution in [0.25, 0.3) is 10.9 Å². The molecular weight excluding hydrogens is 309 g/mol. The first kappa shape index (κ1) is 9.88. The number of thioether (sulfide) groups is 1. The Hall–Kier alpha value is -1.14. The number of alkyl halides is 3. The van der Waals surface area contributed by atoms with Gasteiger partial charge in [0.05, 0.1) is 0 Å². The normalized spacial score (nSPS) is 25.3. The van der Waals surface area contributed by atoms with E-state index in [9.17, 15) is 13.2 Å². The maximum Gasteiger partial charge on any atom is 0.446 e. The number of hydrogen-bond acceptors (Lipinski definition) is 2. The molecule has 2 aromatic rings. The molecule has 0 saturated carbocycles. The number of aryl methyl sites for hydroxylation is 1. The Morgan fingerprint density at radius 2 is 2.32 bits per heavy atom. The van der Waals surface area contributed by atoms with Crippen LogP contribution in [0.1, 0.15) is 32.3 Å². The van der Waals surface area contributed by atoms with Gasteiger partial charge < -0.3 is 9.88 Å². The fourth-order valence-corrected chi connectivity index (χ4v) is 3.71. The van der Waals surface area contributed by atoms with E-state index in [4.69, 9.17) is 8.22 Å². The lowest BCUT2D eigenvalue weighted by molar-refractivity contribution is -0.0327. The predicted octanol–water partition coefficient (Wildman–Crippen LogP) is 4.72. The molecule has 2 nitrogen and oxygen atoms in total. The van der Waals surface area contributed by atoms with Gasteiger partial charge in [-0.3, -0.25) is 0 Å². The molecule has 0 unspecified atom stereocenters. The minimum absolute atomic E-state index is 0.0571. The number of likely N-dealkylation sites (N-methyl/N-ethyl adjacent to an activating group) is 1. The van der Waals surface area contributed by atoms with Crippen LogP contribution in [0.5, 0.6) is 0 Å². The number of nitrogens with one attached hydrogen (secondary N) is 1. The van der Waals surface area contributed by atoms with E-state index in [1.165, 1.54) is 23.1 Å². The van der Waals surface area contributed by atoms with E-state index < -0.39 is 25.4 Å². The highest BCUT2D eigenvalue weighted by molar-refractivity contribution is 8.00. The Balaban J connectivity index is 2.13. The quantitative estimate of drug-likeness (QED) is 0.819. The van der Waals surface area contributed by atoms with Gasteiger partial charge in [-0.25, -0.2) is 0 Å². The monoisotopic (exact) mass is 334 g/mol. The third-order valence-corrected chi connectivity index (χ3v) is 4.72. The van der Waals surface area contributed by atoms with E-state index in [0.717, 1.165) is 0 Å². The molecule has 0 radical (unpaired) electrons. The summed E-state index contributed by atoms with van der Waals surface area (Å²) in [5, 5.41) is 0.202. The number of hydrogen-bond donors (Lipinski definition) is 1. The summed E-state index contributed by atoms with van der Waals surface area (Å²) in [6.45, 7) is -4.55. The zero-order valence-electron chi connectivity index (χ0n) is 17.6. The van der Waals surface area contributed by atoms with Gasteiger partial charge in [-0.05, 0) is 69.1 Å². The number of aromatic nitrogens is 1. The van der Waals surface area contributed by atoms with E-state index in [2.05, 4.69) is 4.98 Å². The summed E-state index contributed by atoms with van der Waals surface area (Å²) >= 11 is -0.296. The van der Waals surface area contributed by atoms with Crippen molar-refractivity contribution >= 4 is 22.7 Å². The summed E-state index contributed by atoms with van der Waals surface area (Å²) in [6.07, 6.45) is 1.24. The fraction of sp³-hybridized carbons (Fsp3) is 0.500. The summed E-state index contributed by atoms with van der Waals surface area (Å²) in [5.41, 5.74) is -4.12. The summed E-state index contributed by atoms with van der Waals surface area (Å²) in [6, 6.07) is 3.81. The molecule has 1 aromatic heterocycles. The second-order valence-corrected chi connectivity index (χ2v) is 6.51. The van der Waals surface area contributed by atoms with Gasteiger partial charge in [0.25, 0.3) is 0 Å². The van der Waals surface area contributed by atoms with Gasteiger partial charge in [0.2, 0.25) is 0 Å². The van der Waals surface area contributed by atoms with Crippen molar-refractivity contribution in [3.05, 3.63) is 29.5 Å². The molecule has 6 heteroatoms. The highest BCUT2D eigenvalue weighted by atomic mass is 32.2. The van der Waals surface area contributed by atoms with Gasteiger partial charge in [0, 0.05) is 35.8 Å². The number of H-pyrrole nitrogens is 1. The number of nitrogens with zero attached hydrogens (tertiary/aromatic N) is 1. The summed E-state index contributed by atoms with van der Waals surface area (Å²) in [7, 11) is 0. The Morgan fingerprint density at radius 1 is 1.45 bits per heavy atom. The minimum Gasteiger partial charge on any atom is -0.358 e. The fourth-order valence-electron chi connectivity index (χ4n) is 2.98. The van der Waals surface area contributed by atoms with Crippen molar-refractivity contribution in [2.24, 2.45) is 0 Å². The van der Waals surface area contributed by atoms with Crippen molar-refractivity contribution in [3.63, 3.8) is 0 Å². The second kappa shape index (κ2) is 5.81. The maximum atomic E-state index is 13.0. The van der Waals surface area contributed by atoms with Crippen molar-refractivity contribution in [2.45, 2.75) is 42.6 Å². The van der Waals surface area contributed by atoms with Gasteiger partial charge in [0.15, 0.2) is 0 Å². The van der Waals surface area contributed by atoms with Gasteiger partial charge in [0.1, 0.15) is 0 Å². The third-order valence-electron chi connectivity index (χ3n) is 3.93. The molecule has 3 rings (SSSR count). The van der Waals surface area contributed by atoms with Crippen molar-refractivity contribution < 1.29 is 21.4 Å². The van der Waals surface area contributed by atoms with E-state index in [-0.39, 0.29) is 39.7 Å². The maximum absolute atomic E-state index is 13.0. The molecule has 1 aromatic carbocycles. The molecule has 0 bridgehead atoms. The molecule has 22 heavy (non-hydrogen) atoms. The third kappa shape index (κ3) is 3.13. The van der Waals surface area contributed by atoms with E-state index in [1.54, 1.807) is 0 Å². The molecule has 1 fully saturated rings. The lowest BCUT2D eigenvalue weighted by atomic mass is 10.0. The number of halogens is 3. The molecule has 0 amide bonds. The smallest absolute Gasteiger partial charge is 0.358 e. The Bertz CT molecular complexity index is 859. The number of likely N-dealkylation sites (tertiary alicyclic amines) is 1. The number of rotatable bonds is 3. The number of fused-ring (bicyclic) bond motifs is 1. The Morgan fingerprint density at radius 3 is 3.05 bits per heavy atom. The zero-order valence-corrected chi connectivity index (χ0v) is 12.4. The van der Waals surface area contributed by atoms with Crippen LogP contribution in [-0.2, 0) is 6.42 Å². The van der Waals surface area contributed by atoms with Crippen LogP contribution in [0.2, 0.25) is 0 Å². The number of benzene rings is 1. The summed E-state index contributed by atoms with van der Waals surface area (Å²) < 4.78 is 85.5. The topological polar surface area (TPSA) is 19.0 Å². The van der Waals surface area contributed by atoms with Crippen LogP contribution in [0, 0.1) is 6.85 Å². The first-order valence-electron chi connectivity index (χ1n) is 9.94. The van der Waals surface area contributed by atoms with Gasteiger partial charge in [-0.1, -0.05) is 6.07 Å². The lowest BCUT2D eigenvalue weighted by Gasteiger charge is -2.20. The van der Waals surface area contributed by atoms with Gasteiger partial charge >= 0.3 is 5.51 Å². The highest BCUT2D eigenvalue weighted by Crippen LogP contribution is 2.42. The van der Waals surface area contributed by atoms with E-state index in [0.29, 0.717) is 24.9 Å². The predicted molar refractivity (Wildman–Crippen MR) is 84.3 cm³/mol. The largest absolute Gasteiger partial charge is 0.446 e. The van der Waals surface area contributed by atoms with Crippen molar-refractivity contribution in [3.8, 4) is 0 Å². The highest BCUT2D eigenvalue weighted by Gasteiger charge is 2.31. The Labute approximate surface area is 140 Å². The average Bonchev–Trinajstić information content (AvgIpc) is 3.10. The van der Waals surface area contributed by atoms with Crippen LogP contribution in [-0.4, -0.2) is 35.0 Å². The van der Waals surface area contributed by atoms with Crippen LogP contribution in [0.3, 0.4) is 0 Å². The van der Waals surface area contributed by atoms with Gasteiger partial charge in [-0.2, -0.15) is 13.2 Å². The summed E-state index contributed by atoms with van der Waals surface area (Å²) in [4.78, 5) is 3.99. The average molecular weight is 334 g/mol. The van der Waals surface area contributed by atoms with Gasteiger partial charge in [-0.15, -0.1) is 0 Å². The van der Waals surface area contributed by atoms with Crippen molar-refractivity contribution in [1.82, 2.24) is 9.88 Å². The van der Waals surface area contributed by atoms with Crippen LogP contribution in [0.15, 0.2) is 23.1 Å². The van der Waals surface area contributed by atoms with Crippen molar-refractivity contribution in [2.75, 3.05) is 13.5 Å². The molecule has 2 heterocycles. The SMILES string of the molecule is [2H]C([2H])([2H])c1[nH]c2cccc(SC(F)(F)F)c2c1C[C@H]1CCCN1C([2H])([2H])[2H]. The van der Waals surface area contributed by atoms with E-state index >= 15 is 0 Å². The molecule has 120 valence electrons. The molecular formula is C16H19F3N2S. The van der Waals surface area contributed by atoms with Crippen molar-refractivity contribution in [1.29, 1.82) is 0 Å². The molecule has 1 atom stereocenters. The minimum atomic E-state index is -4.53. The van der Waals surface area contributed by atoms with Crippen LogP contribution < -0.4 is 0 Å². The molecule has 1 aliphatic rings. The molecule has 1 N–H and O–H groups in total. The standard InChI is InChI=1S/C16H19F3N2S/c1-10-12(9-11-5-4-8-21(11)2)15-13(20-10)6-3-7-14(15)22-16(17,18)19/h3,6-7,11,20H,4-5,8-9H2,1-2H3/t11-/m1/s1/i1D3,2D3. The molecule has 0 aliphatic carbocycles. The zero-order chi connectivity index (χ0) is 20.9. The molecule has 1 aliphatic heterocycles. The van der Waals surface area contributed by atoms with E-state index in [1.807, 2.05) is 0 Å². The van der Waals surface area contributed by atoms with Crippen LogP contribution >= 0.6 is 11.8 Å². The first-order valence-corrected chi connectivity index (χ1v) is 7.75. The summed E-state index contributed by atoms with van der Waals surface area (Å²) in [5.74, 6) is 0. The molecule has 0 spiro atoms. The molecule has 1 saturated heterocycles. The number of aromatic amines is 1.